The Labute approximate surface area is 128 Å². The van der Waals surface area contributed by atoms with E-state index in [-0.39, 0.29) is 0 Å². The van der Waals surface area contributed by atoms with Gasteiger partial charge in [0.1, 0.15) is 10.8 Å². The molecule has 0 fully saturated rings. The van der Waals surface area contributed by atoms with Crippen LogP contribution in [-0.4, -0.2) is 17.1 Å². The number of hydrogen-bond donors (Lipinski definition) is 0. The third kappa shape index (κ3) is 2.81. The molecular formula is C17H16N2OS. The number of methoxy groups -OCH3 is 1. The molecule has 3 nitrogen and oxygen atoms in total. The number of benzene rings is 1. The molecule has 0 bridgehead atoms. The van der Waals surface area contributed by atoms with Crippen LogP contribution >= 0.6 is 11.3 Å². The van der Waals surface area contributed by atoms with Crippen molar-refractivity contribution in [3.8, 4) is 27.6 Å². The molecule has 4 heteroatoms. The van der Waals surface area contributed by atoms with Gasteiger partial charge in [0.25, 0.3) is 0 Å². The molecule has 2 aromatic heterocycles. The molecule has 0 aliphatic carbocycles. The summed E-state index contributed by atoms with van der Waals surface area (Å²) in [6.07, 6.45) is 4.71. The van der Waals surface area contributed by atoms with E-state index >= 15 is 0 Å². The van der Waals surface area contributed by atoms with Gasteiger partial charge in [0.05, 0.1) is 12.8 Å². The summed E-state index contributed by atoms with van der Waals surface area (Å²) in [6, 6.07) is 10.0. The lowest BCUT2D eigenvalue weighted by atomic mass is 10.1. The van der Waals surface area contributed by atoms with Gasteiger partial charge in [-0.25, -0.2) is 4.98 Å². The topological polar surface area (TPSA) is 35.0 Å². The van der Waals surface area contributed by atoms with Crippen molar-refractivity contribution >= 4 is 11.3 Å². The van der Waals surface area contributed by atoms with Gasteiger partial charge in [-0.1, -0.05) is 6.92 Å². The minimum absolute atomic E-state index is 0.856. The zero-order valence-corrected chi connectivity index (χ0v) is 12.9. The first-order valence-electron chi connectivity index (χ1n) is 6.85. The molecule has 2 heterocycles. The molecule has 3 aromatic rings. The second-order valence-corrected chi connectivity index (χ2v) is 5.51. The van der Waals surface area contributed by atoms with Gasteiger partial charge in [0.15, 0.2) is 0 Å². The summed E-state index contributed by atoms with van der Waals surface area (Å²) in [4.78, 5) is 8.98. The Kier molecular flexibility index (Phi) is 3.97. The maximum atomic E-state index is 5.18. The van der Waals surface area contributed by atoms with Gasteiger partial charge in [0.2, 0.25) is 0 Å². The minimum Gasteiger partial charge on any atom is -0.497 e. The Hall–Kier alpha value is -2.20. The number of aromatic nitrogens is 2. The van der Waals surface area contributed by atoms with Crippen LogP contribution in [0.15, 0.2) is 48.1 Å². The van der Waals surface area contributed by atoms with E-state index in [4.69, 9.17) is 9.72 Å². The molecule has 3 rings (SSSR count). The summed E-state index contributed by atoms with van der Waals surface area (Å²) in [6.45, 7) is 2.15. The molecular weight excluding hydrogens is 280 g/mol. The number of rotatable bonds is 4. The van der Waals surface area contributed by atoms with Gasteiger partial charge in [-0.15, -0.1) is 11.3 Å². The lowest BCUT2D eigenvalue weighted by Gasteiger charge is -2.03. The van der Waals surface area contributed by atoms with Crippen molar-refractivity contribution in [2.75, 3.05) is 7.11 Å². The van der Waals surface area contributed by atoms with Crippen LogP contribution in [0.4, 0.5) is 0 Å². The first kappa shape index (κ1) is 13.8. The van der Waals surface area contributed by atoms with Crippen molar-refractivity contribution in [1.29, 1.82) is 0 Å². The van der Waals surface area contributed by atoms with Gasteiger partial charge < -0.3 is 4.74 Å². The van der Waals surface area contributed by atoms with E-state index < -0.39 is 0 Å². The Balaban J connectivity index is 1.95. The molecule has 0 aliphatic rings. The smallest absolute Gasteiger partial charge is 0.125 e. The molecule has 0 N–H and O–H groups in total. The van der Waals surface area contributed by atoms with E-state index in [9.17, 15) is 0 Å². The SMILES string of the molecule is CCc1ccncc1-c1nc(-c2ccc(OC)cc2)cs1. The normalized spacial score (nSPS) is 10.6. The van der Waals surface area contributed by atoms with Crippen molar-refractivity contribution in [3.05, 3.63) is 53.7 Å². The average Bonchev–Trinajstić information content (AvgIpc) is 3.04. The second-order valence-electron chi connectivity index (χ2n) is 4.65. The quantitative estimate of drug-likeness (QED) is 0.713. The first-order valence-corrected chi connectivity index (χ1v) is 7.73. The van der Waals surface area contributed by atoms with Crippen LogP contribution in [0.2, 0.25) is 0 Å². The molecule has 0 unspecified atom stereocenters. The summed E-state index contributed by atoms with van der Waals surface area (Å²) < 4.78 is 5.18. The molecule has 0 spiro atoms. The maximum absolute atomic E-state index is 5.18. The Morgan fingerprint density at radius 2 is 1.95 bits per heavy atom. The highest BCUT2D eigenvalue weighted by Crippen LogP contribution is 2.31. The lowest BCUT2D eigenvalue weighted by molar-refractivity contribution is 0.415. The van der Waals surface area contributed by atoms with Gasteiger partial charge in [-0.2, -0.15) is 0 Å². The highest BCUT2D eigenvalue weighted by atomic mass is 32.1. The molecule has 21 heavy (non-hydrogen) atoms. The third-order valence-electron chi connectivity index (χ3n) is 3.41. The molecule has 0 amide bonds. The van der Waals surface area contributed by atoms with Crippen LogP contribution in [0.5, 0.6) is 5.75 Å². The Bertz CT molecular complexity index is 735. The van der Waals surface area contributed by atoms with E-state index in [0.717, 1.165) is 34.0 Å². The second kappa shape index (κ2) is 6.06. The standard InChI is InChI=1S/C17H16N2OS/c1-3-12-8-9-18-10-15(12)17-19-16(11-21-17)13-4-6-14(20-2)7-5-13/h4-11H,3H2,1-2H3. The minimum atomic E-state index is 0.856. The summed E-state index contributed by atoms with van der Waals surface area (Å²) in [7, 11) is 1.67. The third-order valence-corrected chi connectivity index (χ3v) is 4.29. The van der Waals surface area contributed by atoms with Crippen LogP contribution < -0.4 is 4.74 Å². The predicted molar refractivity (Wildman–Crippen MR) is 86.7 cm³/mol. The van der Waals surface area contributed by atoms with Gasteiger partial charge in [-0.3, -0.25) is 4.98 Å². The fourth-order valence-corrected chi connectivity index (χ4v) is 3.09. The van der Waals surface area contributed by atoms with E-state index in [1.165, 1.54) is 5.56 Å². The van der Waals surface area contributed by atoms with Crippen molar-refractivity contribution in [2.45, 2.75) is 13.3 Å². The summed E-state index contributed by atoms with van der Waals surface area (Å²) in [5.41, 5.74) is 4.49. The van der Waals surface area contributed by atoms with Gasteiger partial charge >= 0.3 is 0 Å². The van der Waals surface area contributed by atoms with Crippen LogP contribution in [-0.2, 0) is 6.42 Å². The number of hydrogen-bond acceptors (Lipinski definition) is 4. The van der Waals surface area contributed by atoms with E-state index in [1.54, 1.807) is 18.4 Å². The monoisotopic (exact) mass is 296 g/mol. The molecule has 0 radical (unpaired) electrons. The summed E-state index contributed by atoms with van der Waals surface area (Å²) >= 11 is 1.65. The summed E-state index contributed by atoms with van der Waals surface area (Å²) in [5, 5.41) is 3.11. The summed E-state index contributed by atoms with van der Waals surface area (Å²) in [5.74, 6) is 0.856. The van der Waals surface area contributed by atoms with Crippen LogP contribution in [0, 0.1) is 0 Å². The Morgan fingerprint density at radius 1 is 1.14 bits per heavy atom. The van der Waals surface area contributed by atoms with Crippen LogP contribution in [0.3, 0.4) is 0 Å². The lowest BCUT2D eigenvalue weighted by Crippen LogP contribution is -1.88. The molecule has 1 aromatic carbocycles. The fraction of sp³-hybridized carbons (Fsp3) is 0.176. The number of nitrogens with zero attached hydrogens (tertiary/aromatic N) is 2. The van der Waals surface area contributed by atoms with E-state index in [1.807, 2.05) is 36.7 Å². The number of aryl methyl sites for hydroxylation is 1. The van der Waals surface area contributed by atoms with E-state index in [0.29, 0.717) is 0 Å². The number of ether oxygens (including phenoxy) is 1. The van der Waals surface area contributed by atoms with Crippen molar-refractivity contribution in [2.24, 2.45) is 0 Å². The zero-order chi connectivity index (χ0) is 14.7. The average molecular weight is 296 g/mol. The van der Waals surface area contributed by atoms with Crippen molar-refractivity contribution < 1.29 is 4.74 Å². The molecule has 0 saturated heterocycles. The van der Waals surface area contributed by atoms with Crippen molar-refractivity contribution in [1.82, 2.24) is 9.97 Å². The van der Waals surface area contributed by atoms with E-state index in [2.05, 4.69) is 23.4 Å². The van der Waals surface area contributed by atoms with Crippen LogP contribution in [0.25, 0.3) is 21.8 Å². The molecule has 106 valence electrons. The zero-order valence-electron chi connectivity index (χ0n) is 12.0. The fourth-order valence-electron chi connectivity index (χ4n) is 2.22. The predicted octanol–water partition coefficient (Wildman–Crippen LogP) is 4.44. The number of thiazole rings is 1. The number of pyridine rings is 1. The van der Waals surface area contributed by atoms with Crippen LogP contribution in [0.1, 0.15) is 12.5 Å². The Morgan fingerprint density at radius 3 is 2.67 bits per heavy atom. The molecule has 0 aliphatic heterocycles. The first-order chi connectivity index (χ1) is 10.3. The van der Waals surface area contributed by atoms with Gasteiger partial charge in [-0.05, 0) is 42.3 Å². The molecule has 0 saturated carbocycles. The molecule has 0 atom stereocenters. The maximum Gasteiger partial charge on any atom is 0.125 e. The van der Waals surface area contributed by atoms with Gasteiger partial charge in [0, 0.05) is 28.9 Å². The largest absolute Gasteiger partial charge is 0.497 e. The highest BCUT2D eigenvalue weighted by molar-refractivity contribution is 7.13. The highest BCUT2D eigenvalue weighted by Gasteiger charge is 2.10. The van der Waals surface area contributed by atoms with Crippen molar-refractivity contribution in [3.63, 3.8) is 0 Å².